The molecule has 0 saturated heterocycles. The summed E-state index contributed by atoms with van der Waals surface area (Å²) in [5, 5.41) is 24.7. The van der Waals surface area contributed by atoms with Gasteiger partial charge in [-0.25, -0.2) is 9.78 Å². The molecule has 1 aliphatic carbocycles. The van der Waals surface area contributed by atoms with Gasteiger partial charge in [-0.1, -0.05) is 54.6 Å². The van der Waals surface area contributed by atoms with Gasteiger partial charge < -0.3 is 10.6 Å². The molecule has 5 rings (SSSR count). The Bertz CT molecular complexity index is 1500. The van der Waals surface area contributed by atoms with Crippen LogP contribution in [0, 0.1) is 22.7 Å². The van der Waals surface area contributed by atoms with E-state index in [0.29, 0.717) is 17.7 Å². The number of benzene rings is 3. The number of hydrogen-bond donors (Lipinski definition) is 2. The van der Waals surface area contributed by atoms with Crippen LogP contribution < -0.4 is 15.5 Å². The number of carbonyl (C=O) groups is 1. The van der Waals surface area contributed by atoms with E-state index in [4.69, 9.17) is 10.5 Å². The number of nitriles is 2. The van der Waals surface area contributed by atoms with Crippen LogP contribution in [-0.2, 0) is 6.54 Å². The summed E-state index contributed by atoms with van der Waals surface area (Å²) in [6.45, 7) is 0.459. The summed E-state index contributed by atoms with van der Waals surface area (Å²) in [4.78, 5) is 19.9. The second-order valence-corrected chi connectivity index (χ2v) is 9.94. The molecule has 0 aliphatic heterocycles. The molecule has 40 heavy (non-hydrogen) atoms. The van der Waals surface area contributed by atoms with Crippen molar-refractivity contribution >= 4 is 17.5 Å². The van der Waals surface area contributed by atoms with Crippen molar-refractivity contribution < 1.29 is 4.79 Å². The van der Waals surface area contributed by atoms with Gasteiger partial charge in [0.15, 0.2) is 0 Å². The second kappa shape index (κ2) is 12.6. The summed E-state index contributed by atoms with van der Waals surface area (Å²) in [5.41, 5.74) is 5.12. The standard InChI is InChI=1S/C33H30N6O/c34-20-24-6-9-27(10-7-24)28-11-15-30(16-12-28)39(33(40)37-22-25-4-2-1-3-5-25)31-17-13-29(14-18-31)38-32-19-8-26(21-35)23-36-32/h1-12,15-16,19,23,29,31H,13-14,17-18,22H2,(H,36,38)(H,37,40). The smallest absolute Gasteiger partial charge is 0.322 e. The van der Waals surface area contributed by atoms with Gasteiger partial charge in [-0.05, 0) is 78.8 Å². The first-order chi connectivity index (χ1) is 19.6. The first kappa shape index (κ1) is 26.5. The third-order valence-corrected chi connectivity index (χ3v) is 7.30. The van der Waals surface area contributed by atoms with Crippen LogP contribution in [0.2, 0.25) is 0 Å². The Hall–Kier alpha value is -5.14. The molecule has 7 heteroatoms. The number of nitrogens with zero attached hydrogens (tertiary/aromatic N) is 4. The van der Waals surface area contributed by atoms with Crippen LogP contribution in [-0.4, -0.2) is 23.1 Å². The molecule has 3 aromatic carbocycles. The Morgan fingerprint density at radius 2 is 1.43 bits per heavy atom. The monoisotopic (exact) mass is 526 g/mol. The van der Waals surface area contributed by atoms with E-state index in [2.05, 4.69) is 27.8 Å². The Morgan fingerprint density at radius 3 is 2.02 bits per heavy atom. The number of carbonyl (C=O) groups excluding carboxylic acids is 1. The molecule has 0 radical (unpaired) electrons. The van der Waals surface area contributed by atoms with Gasteiger partial charge in [0.25, 0.3) is 0 Å². The van der Waals surface area contributed by atoms with Crippen molar-refractivity contribution in [2.24, 2.45) is 0 Å². The van der Waals surface area contributed by atoms with Crippen molar-refractivity contribution in [2.75, 3.05) is 10.2 Å². The zero-order chi connectivity index (χ0) is 27.7. The van der Waals surface area contributed by atoms with Crippen LogP contribution in [0.15, 0.2) is 97.2 Å². The molecule has 1 fully saturated rings. The molecule has 0 bridgehead atoms. The minimum Gasteiger partial charge on any atom is -0.367 e. The molecular weight excluding hydrogens is 496 g/mol. The predicted molar refractivity (Wildman–Crippen MR) is 156 cm³/mol. The number of pyridine rings is 1. The average molecular weight is 527 g/mol. The van der Waals surface area contributed by atoms with Crippen molar-refractivity contribution in [3.05, 3.63) is 114 Å². The van der Waals surface area contributed by atoms with Crippen LogP contribution in [0.25, 0.3) is 11.1 Å². The fraction of sp³-hybridized carbons (Fsp3) is 0.212. The summed E-state index contributed by atoms with van der Waals surface area (Å²) in [7, 11) is 0. The number of aromatic nitrogens is 1. The van der Waals surface area contributed by atoms with E-state index in [9.17, 15) is 4.79 Å². The molecule has 1 aliphatic rings. The van der Waals surface area contributed by atoms with Gasteiger partial charge in [0.2, 0.25) is 0 Å². The van der Waals surface area contributed by atoms with E-state index >= 15 is 0 Å². The molecule has 198 valence electrons. The third-order valence-electron chi connectivity index (χ3n) is 7.30. The number of nitrogens with one attached hydrogen (secondary N) is 2. The summed E-state index contributed by atoms with van der Waals surface area (Å²) >= 11 is 0. The van der Waals surface area contributed by atoms with Gasteiger partial charge >= 0.3 is 6.03 Å². The van der Waals surface area contributed by atoms with Gasteiger partial charge in [0.05, 0.1) is 17.2 Å². The van der Waals surface area contributed by atoms with Crippen molar-refractivity contribution in [3.8, 4) is 23.3 Å². The number of amides is 2. The van der Waals surface area contributed by atoms with Crippen molar-refractivity contribution in [2.45, 2.75) is 44.3 Å². The topological polar surface area (TPSA) is 105 Å². The van der Waals surface area contributed by atoms with Crippen molar-refractivity contribution in [1.29, 1.82) is 10.5 Å². The lowest BCUT2D eigenvalue weighted by Gasteiger charge is -2.37. The maximum Gasteiger partial charge on any atom is 0.322 e. The SMILES string of the molecule is N#Cc1ccc(-c2ccc(N(C(=O)NCc3ccccc3)C3CCC(Nc4ccc(C#N)cn4)CC3)cc2)cc1. The number of urea groups is 1. The Morgan fingerprint density at radius 1 is 0.800 bits per heavy atom. The maximum atomic E-state index is 13.6. The minimum absolute atomic E-state index is 0.0588. The van der Waals surface area contributed by atoms with Gasteiger partial charge in [0.1, 0.15) is 11.9 Å². The first-order valence-corrected chi connectivity index (χ1v) is 13.5. The van der Waals surface area contributed by atoms with Crippen LogP contribution in [0.5, 0.6) is 0 Å². The summed E-state index contributed by atoms with van der Waals surface area (Å²) in [5.74, 6) is 0.762. The molecule has 7 nitrogen and oxygen atoms in total. The van der Waals surface area contributed by atoms with E-state index in [1.807, 2.05) is 89.8 Å². The average Bonchev–Trinajstić information content (AvgIpc) is 3.02. The molecule has 4 aromatic rings. The quantitative estimate of drug-likeness (QED) is 0.281. The molecule has 0 atom stereocenters. The van der Waals surface area contributed by atoms with Gasteiger partial charge in [-0.15, -0.1) is 0 Å². The van der Waals surface area contributed by atoms with Gasteiger partial charge in [-0.2, -0.15) is 10.5 Å². The fourth-order valence-corrected chi connectivity index (χ4v) is 5.14. The van der Waals surface area contributed by atoms with Crippen molar-refractivity contribution in [3.63, 3.8) is 0 Å². The molecular formula is C33H30N6O. The summed E-state index contributed by atoms with van der Waals surface area (Å²) in [6, 6.07) is 33.5. The molecule has 1 aromatic heterocycles. The molecule has 2 amide bonds. The van der Waals surface area contributed by atoms with E-state index < -0.39 is 0 Å². The van der Waals surface area contributed by atoms with Gasteiger partial charge in [-0.3, -0.25) is 4.90 Å². The third kappa shape index (κ3) is 6.46. The maximum absolute atomic E-state index is 13.6. The van der Waals surface area contributed by atoms with Crippen molar-refractivity contribution in [1.82, 2.24) is 10.3 Å². The zero-order valence-electron chi connectivity index (χ0n) is 22.1. The van der Waals surface area contributed by atoms with E-state index in [1.54, 1.807) is 12.3 Å². The van der Waals surface area contributed by atoms with E-state index in [0.717, 1.165) is 53.9 Å². The normalized spacial score (nSPS) is 16.2. The summed E-state index contributed by atoms with van der Waals surface area (Å²) in [6.07, 6.45) is 5.08. The predicted octanol–water partition coefficient (Wildman–Crippen LogP) is 6.63. The molecule has 0 spiro atoms. The number of rotatable bonds is 7. The number of hydrogen-bond acceptors (Lipinski definition) is 5. The lowest BCUT2D eigenvalue weighted by molar-refractivity contribution is 0.240. The zero-order valence-corrected chi connectivity index (χ0v) is 22.1. The highest BCUT2D eigenvalue weighted by Crippen LogP contribution is 2.31. The van der Waals surface area contributed by atoms with E-state index in [-0.39, 0.29) is 18.1 Å². The Balaban J connectivity index is 1.30. The Labute approximate surface area is 234 Å². The largest absolute Gasteiger partial charge is 0.367 e. The highest BCUT2D eigenvalue weighted by molar-refractivity contribution is 5.93. The van der Waals surface area contributed by atoms with Crippen LogP contribution in [0.4, 0.5) is 16.3 Å². The second-order valence-electron chi connectivity index (χ2n) is 9.94. The molecule has 0 unspecified atom stereocenters. The lowest BCUT2D eigenvalue weighted by Crippen LogP contribution is -2.48. The molecule has 2 N–H and O–H groups in total. The highest BCUT2D eigenvalue weighted by Gasteiger charge is 2.30. The molecule has 1 saturated carbocycles. The summed E-state index contributed by atoms with van der Waals surface area (Å²) < 4.78 is 0. The van der Waals surface area contributed by atoms with Crippen LogP contribution >= 0.6 is 0 Å². The van der Waals surface area contributed by atoms with Crippen LogP contribution in [0.1, 0.15) is 42.4 Å². The van der Waals surface area contributed by atoms with Gasteiger partial charge in [0, 0.05) is 30.5 Å². The lowest BCUT2D eigenvalue weighted by atomic mass is 9.89. The number of anilines is 2. The van der Waals surface area contributed by atoms with Crippen LogP contribution in [0.3, 0.4) is 0 Å². The minimum atomic E-state index is -0.111. The Kier molecular flexibility index (Phi) is 8.34. The van der Waals surface area contributed by atoms with E-state index in [1.165, 1.54) is 0 Å². The highest BCUT2D eigenvalue weighted by atomic mass is 16.2. The fourth-order valence-electron chi connectivity index (χ4n) is 5.14. The first-order valence-electron chi connectivity index (χ1n) is 13.5. The molecule has 1 heterocycles.